The molecule has 0 saturated carbocycles. The van der Waals surface area contributed by atoms with Crippen molar-refractivity contribution in [3.8, 4) is 11.5 Å². The number of alkyl halides is 3. The molecule has 1 aliphatic heterocycles. The molecule has 0 aliphatic carbocycles. The van der Waals surface area contributed by atoms with Gasteiger partial charge in [0.1, 0.15) is 23.9 Å². The summed E-state index contributed by atoms with van der Waals surface area (Å²) in [5.74, 6) is 1.61. The highest BCUT2D eigenvalue weighted by Gasteiger charge is 2.33. The summed E-state index contributed by atoms with van der Waals surface area (Å²) in [5, 5.41) is -0.0441. The maximum absolute atomic E-state index is 12.8. The van der Waals surface area contributed by atoms with Crippen LogP contribution in [0.2, 0.25) is 5.02 Å². The Balaban J connectivity index is 1.47. The van der Waals surface area contributed by atoms with E-state index in [4.69, 9.17) is 21.1 Å². The van der Waals surface area contributed by atoms with E-state index >= 15 is 0 Å². The summed E-state index contributed by atoms with van der Waals surface area (Å²) in [6, 6.07) is 8.09. The van der Waals surface area contributed by atoms with Gasteiger partial charge in [-0.15, -0.1) is 0 Å². The maximum atomic E-state index is 12.8. The Morgan fingerprint density at radius 1 is 1.22 bits per heavy atom. The average Bonchev–Trinajstić information content (AvgIpc) is 2.78. The van der Waals surface area contributed by atoms with Crippen molar-refractivity contribution in [2.24, 2.45) is 5.92 Å². The predicted octanol–water partition coefficient (Wildman–Crippen LogP) is 4.52. The van der Waals surface area contributed by atoms with Crippen LogP contribution in [-0.2, 0) is 11.0 Å². The first kappa shape index (κ1) is 24.0. The predicted molar refractivity (Wildman–Crippen MR) is 115 cm³/mol. The number of likely N-dealkylation sites (N-methyl/N-ethyl adjacent to an activating group) is 1. The van der Waals surface area contributed by atoms with Crippen molar-refractivity contribution in [2.45, 2.75) is 19.0 Å². The Labute approximate surface area is 189 Å². The minimum absolute atomic E-state index is 0.0226. The van der Waals surface area contributed by atoms with Crippen molar-refractivity contribution in [3.63, 3.8) is 0 Å². The number of nitrogens with zero attached hydrogens (tertiary/aromatic N) is 3. The fraction of sp³-hybridized carbons (Fsp3) is 0.455. The quantitative estimate of drug-likeness (QED) is 0.594. The Kier molecular flexibility index (Phi) is 7.71. The van der Waals surface area contributed by atoms with Gasteiger partial charge >= 0.3 is 6.18 Å². The number of aromatic nitrogens is 1. The van der Waals surface area contributed by atoms with E-state index in [-0.39, 0.29) is 16.8 Å². The van der Waals surface area contributed by atoms with Gasteiger partial charge in [-0.25, -0.2) is 4.98 Å². The zero-order valence-corrected chi connectivity index (χ0v) is 18.6. The minimum atomic E-state index is -4.49. The van der Waals surface area contributed by atoms with Gasteiger partial charge in [0.2, 0.25) is 5.91 Å². The fourth-order valence-corrected chi connectivity index (χ4v) is 3.84. The second-order valence-electron chi connectivity index (χ2n) is 7.57. The van der Waals surface area contributed by atoms with Gasteiger partial charge in [-0.2, -0.15) is 13.2 Å². The zero-order valence-electron chi connectivity index (χ0n) is 17.9. The first-order valence-electron chi connectivity index (χ1n) is 10.2. The molecule has 2 aromatic rings. The molecular formula is C22H25ClF3N3O3. The van der Waals surface area contributed by atoms with Crippen LogP contribution in [0.5, 0.6) is 11.5 Å². The van der Waals surface area contributed by atoms with E-state index in [1.807, 2.05) is 4.90 Å². The van der Waals surface area contributed by atoms with E-state index in [0.29, 0.717) is 50.7 Å². The Morgan fingerprint density at radius 2 is 1.84 bits per heavy atom. The number of amides is 1. The Bertz CT molecular complexity index is 917. The Hall–Kier alpha value is -2.68. The molecule has 174 valence electrons. The molecule has 0 radical (unpaired) electrons. The van der Waals surface area contributed by atoms with Crippen molar-refractivity contribution in [2.75, 3.05) is 45.3 Å². The second-order valence-corrected chi connectivity index (χ2v) is 7.98. The number of ether oxygens (including phenoxy) is 2. The summed E-state index contributed by atoms with van der Waals surface area (Å²) in [6.07, 6.45) is -2.56. The third kappa shape index (κ3) is 5.97. The lowest BCUT2D eigenvalue weighted by molar-refractivity contribution is -0.138. The monoisotopic (exact) mass is 471 g/mol. The number of methoxy groups -OCH3 is 1. The molecule has 1 aliphatic rings. The van der Waals surface area contributed by atoms with Gasteiger partial charge < -0.3 is 19.3 Å². The molecule has 1 saturated heterocycles. The molecule has 1 aromatic heterocycles. The molecule has 1 amide bonds. The second kappa shape index (κ2) is 10.3. The number of hydrogen-bond donors (Lipinski definition) is 0. The number of piperidine rings is 1. The number of anilines is 1. The molecular weight excluding hydrogens is 447 g/mol. The average molecular weight is 472 g/mol. The molecule has 0 spiro atoms. The van der Waals surface area contributed by atoms with Gasteiger partial charge in [0, 0.05) is 32.3 Å². The number of halogens is 4. The van der Waals surface area contributed by atoms with Gasteiger partial charge in [0.15, 0.2) is 0 Å². The summed E-state index contributed by atoms with van der Waals surface area (Å²) >= 11 is 6.04. The van der Waals surface area contributed by atoms with Crippen LogP contribution in [0.1, 0.15) is 18.4 Å². The van der Waals surface area contributed by atoms with Crippen LogP contribution in [0.25, 0.3) is 0 Å². The van der Waals surface area contributed by atoms with E-state index in [9.17, 15) is 18.0 Å². The summed E-state index contributed by atoms with van der Waals surface area (Å²) in [4.78, 5) is 20.1. The van der Waals surface area contributed by atoms with Gasteiger partial charge in [-0.3, -0.25) is 4.79 Å². The van der Waals surface area contributed by atoms with Gasteiger partial charge in [-0.1, -0.05) is 11.6 Å². The van der Waals surface area contributed by atoms with E-state index in [0.717, 1.165) is 18.0 Å². The van der Waals surface area contributed by atoms with Crippen molar-refractivity contribution < 1.29 is 27.4 Å². The largest absolute Gasteiger partial charge is 0.497 e. The number of pyridine rings is 1. The van der Waals surface area contributed by atoms with Crippen LogP contribution in [-0.4, -0.2) is 56.2 Å². The van der Waals surface area contributed by atoms with E-state index in [2.05, 4.69) is 4.98 Å². The van der Waals surface area contributed by atoms with Crippen molar-refractivity contribution in [1.29, 1.82) is 0 Å². The number of carbonyl (C=O) groups excluding carboxylic acids is 1. The highest BCUT2D eigenvalue weighted by atomic mass is 35.5. The van der Waals surface area contributed by atoms with Crippen LogP contribution in [0, 0.1) is 5.92 Å². The fourth-order valence-electron chi connectivity index (χ4n) is 3.55. The summed E-state index contributed by atoms with van der Waals surface area (Å²) in [6.45, 7) is 1.78. The maximum Gasteiger partial charge on any atom is 0.417 e. The molecule has 1 aromatic carbocycles. The third-order valence-corrected chi connectivity index (χ3v) is 5.70. The lowest BCUT2D eigenvalue weighted by Crippen LogP contribution is -2.42. The van der Waals surface area contributed by atoms with Crippen LogP contribution >= 0.6 is 11.6 Å². The molecule has 0 bridgehead atoms. The molecule has 0 atom stereocenters. The van der Waals surface area contributed by atoms with E-state index in [1.54, 1.807) is 43.3 Å². The van der Waals surface area contributed by atoms with Crippen LogP contribution in [0.3, 0.4) is 0 Å². The van der Waals surface area contributed by atoms with Crippen LogP contribution in [0.4, 0.5) is 19.0 Å². The zero-order chi connectivity index (χ0) is 23.3. The molecule has 32 heavy (non-hydrogen) atoms. The van der Waals surface area contributed by atoms with Crippen LogP contribution < -0.4 is 14.4 Å². The van der Waals surface area contributed by atoms with Crippen molar-refractivity contribution in [3.05, 3.63) is 47.1 Å². The standard InChI is InChI=1S/C22H25ClF3N3O3/c1-28(11-12-32-18-5-3-17(31-2)4-6-18)21(30)15-7-9-29(10-8-15)20-19(23)13-16(14-27-20)22(24,25)26/h3-6,13-15H,7-12H2,1-2H3. The van der Waals surface area contributed by atoms with Gasteiger partial charge in [0.25, 0.3) is 0 Å². The van der Waals surface area contributed by atoms with Crippen molar-refractivity contribution >= 4 is 23.3 Å². The first-order valence-corrected chi connectivity index (χ1v) is 10.6. The molecule has 0 N–H and O–H groups in total. The van der Waals surface area contributed by atoms with Gasteiger partial charge in [-0.05, 0) is 43.2 Å². The first-order chi connectivity index (χ1) is 15.2. The third-order valence-electron chi connectivity index (χ3n) is 5.42. The molecule has 2 heterocycles. The van der Waals surface area contributed by atoms with Crippen molar-refractivity contribution in [1.82, 2.24) is 9.88 Å². The van der Waals surface area contributed by atoms with Gasteiger partial charge in [0.05, 0.1) is 24.2 Å². The highest BCUT2D eigenvalue weighted by molar-refractivity contribution is 6.33. The van der Waals surface area contributed by atoms with E-state index < -0.39 is 11.7 Å². The lowest BCUT2D eigenvalue weighted by Gasteiger charge is -2.34. The summed E-state index contributed by atoms with van der Waals surface area (Å²) < 4.78 is 49.2. The summed E-state index contributed by atoms with van der Waals surface area (Å²) in [5.41, 5.74) is -0.880. The number of hydrogen-bond acceptors (Lipinski definition) is 5. The summed E-state index contributed by atoms with van der Waals surface area (Å²) in [7, 11) is 3.33. The van der Waals surface area contributed by atoms with E-state index in [1.165, 1.54) is 0 Å². The lowest BCUT2D eigenvalue weighted by atomic mass is 9.95. The Morgan fingerprint density at radius 3 is 2.41 bits per heavy atom. The molecule has 0 unspecified atom stereocenters. The molecule has 1 fully saturated rings. The number of benzene rings is 1. The normalized spacial score (nSPS) is 14.9. The number of carbonyl (C=O) groups is 1. The highest BCUT2D eigenvalue weighted by Crippen LogP contribution is 2.34. The smallest absolute Gasteiger partial charge is 0.417 e. The molecule has 3 rings (SSSR count). The van der Waals surface area contributed by atoms with Crippen LogP contribution in [0.15, 0.2) is 36.5 Å². The molecule has 6 nitrogen and oxygen atoms in total. The topological polar surface area (TPSA) is 54.9 Å². The SMILES string of the molecule is COc1ccc(OCCN(C)C(=O)C2CCN(c3ncc(C(F)(F)F)cc3Cl)CC2)cc1. The minimum Gasteiger partial charge on any atom is -0.497 e. The number of rotatable bonds is 7. The molecule has 10 heteroatoms.